The van der Waals surface area contributed by atoms with Crippen molar-refractivity contribution in [1.29, 1.82) is 0 Å². The van der Waals surface area contributed by atoms with Gasteiger partial charge in [0.15, 0.2) is 0 Å². The van der Waals surface area contributed by atoms with E-state index in [4.69, 9.17) is 4.99 Å². The third kappa shape index (κ3) is 4.82. The Balaban J connectivity index is 1.30. The number of aryl methyl sites for hydroxylation is 2. The van der Waals surface area contributed by atoms with Crippen molar-refractivity contribution < 1.29 is 0 Å². The quantitative estimate of drug-likeness (QED) is 0.271. The molecule has 2 atom stereocenters. The van der Waals surface area contributed by atoms with Gasteiger partial charge in [0.1, 0.15) is 12.1 Å². The van der Waals surface area contributed by atoms with Crippen LogP contribution in [0.2, 0.25) is 0 Å². The first kappa shape index (κ1) is 23.6. The van der Waals surface area contributed by atoms with Crippen LogP contribution in [-0.2, 0) is 6.42 Å². The lowest BCUT2D eigenvalue weighted by Crippen LogP contribution is -2.15. The molecule has 0 amide bonds. The first-order chi connectivity index (χ1) is 18.2. The Labute approximate surface area is 225 Å². The van der Waals surface area contributed by atoms with Crippen LogP contribution in [0.1, 0.15) is 44.1 Å². The van der Waals surface area contributed by atoms with Crippen molar-refractivity contribution in [3.63, 3.8) is 0 Å². The van der Waals surface area contributed by atoms with Crippen LogP contribution in [0.15, 0.2) is 95.1 Å². The summed E-state index contributed by atoms with van der Waals surface area (Å²) in [4.78, 5) is 14.7. The van der Waals surface area contributed by atoms with Gasteiger partial charge in [-0.1, -0.05) is 61.5 Å². The van der Waals surface area contributed by atoms with E-state index in [2.05, 4.69) is 108 Å². The second-order valence-electron chi connectivity index (χ2n) is 9.12. The fourth-order valence-electron chi connectivity index (χ4n) is 4.78. The number of nitrogens with zero attached hydrogens (tertiary/aromatic N) is 2. The zero-order chi connectivity index (χ0) is 25.2. The predicted octanol–water partition coefficient (Wildman–Crippen LogP) is 7.91. The number of hydrogen-bond donors (Lipinski definition) is 2. The van der Waals surface area contributed by atoms with Crippen molar-refractivity contribution in [2.45, 2.75) is 32.4 Å². The van der Waals surface area contributed by atoms with Gasteiger partial charge in [-0.05, 0) is 65.4 Å². The average Bonchev–Trinajstić information content (AvgIpc) is 3.58. The van der Waals surface area contributed by atoms with Crippen LogP contribution in [0.25, 0.3) is 28.0 Å². The maximum Gasteiger partial charge on any atom is 0.107 e. The lowest BCUT2D eigenvalue weighted by Gasteiger charge is -2.18. The number of nitrogens with one attached hydrogen (secondary N) is 2. The lowest BCUT2D eigenvalue weighted by atomic mass is 9.98. The van der Waals surface area contributed by atoms with Crippen LogP contribution in [0.4, 0.5) is 0 Å². The molecule has 2 aromatic carbocycles. The van der Waals surface area contributed by atoms with Crippen LogP contribution >= 0.6 is 22.7 Å². The highest BCUT2D eigenvalue weighted by Crippen LogP contribution is 2.41. The van der Waals surface area contributed by atoms with Gasteiger partial charge in [0.05, 0.1) is 12.7 Å². The fourth-order valence-corrected chi connectivity index (χ4v) is 6.99. The first-order valence-corrected chi connectivity index (χ1v) is 14.2. The number of rotatable bonds is 6. The van der Waals surface area contributed by atoms with Gasteiger partial charge < -0.3 is 10.6 Å². The minimum absolute atomic E-state index is 0.00928. The van der Waals surface area contributed by atoms with Crippen molar-refractivity contribution in [3.8, 4) is 22.3 Å². The molecule has 37 heavy (non-hydrogen) atoms. The summed E-state index contributed by atoms with van der Waals surface area (Å²) in [6, 6.07) is 24.1. The minimum atomic E-state index is -0.00928. The molecule has 0 aliphatic carbocycles. The van der Waals surface area contributed by atoms with Crippen molar-refractivity contribution in [1.82, 2.24) is 10.6 Å². The summed E-state index contributed by atoms with van der Waals surface area (Å²) in [6.45, 7) is 4.38. The smallest absolute Gasteiger partial charge is 0.107 e. The maximum atomic E-state index is 4.79. The second-order valence-corrected chi connectivity index (χ2v) is 11.6. The van der Waals surface area contributed by atoms with Crippen LogP contribution < -0.4 is 10.6 Å². The van der Waals surface area contributed by atoms with Crippen molar-refractivity contribution >= 4 is 41.0 Å². The topological polar surface area (TPSA) is 48.8 Å². The van der Waals surface area contributed by atoms with E-state index in [0.717, 1.165) is 17.7 Å². The molecule has 2 aromatic heterocycles. The number of benzene rings is 2. The van der Waals surface area contributed by atoms with Crippen molar-refractivity contribution in [2.24, 2.45) is 9.98 Å². The molecule has 4 nitrogen and oxygen atoms in total. The summed E-state index contributed by atoms with van der Waals surface area (Å²) in [5, 5.41) is 6.42. The fraction of sp³-hybridized carbons (Fsp3) is 0.161. The molecule has 0 saturated heterocycles. The van der Waals surface area contributed by atoms with E-state index in [1.54, 1.807) is 6.34 Å². The zero-order valence-electron chi connectivity index (χ0n) is 20.8. The third-order valence-corrected chi connectivity index (χ3v) is 9.11. The first-order valence-electron chi connectivity index (χ1n) is 12.5. The van der Waals surface area contributed by atoms with Gasteiger partial charge in [0.25, 0.3) is 0 Å². The molecule has 2 unspecified atom stereocenters. The summed E-state index contributed by atoms with van der Waals surface area (Å²) in [7, 11) is 0. The molecule has 6 heteroatoms. The molecule has 0 spiro atoms. The normalized spacial score (nSPS) is 18.4. The Morgan fingerprint density at radius 1 is 0.784 bits per heavy atom. The zero-order valence-corrected chi connectivity index (χ0v) is 22.4. The van der Waals surface area contributed by atoms with Crippen LogP contribution in [0, 0.1) is 6.92 Å². The van der Waals surface area contributed by atoms with Gasteiger partial charge in [-0.2, -0.15) is 0 Å². The average molecular weight is 521 g/mol. The number of hydrogen-bond acceptors (Lipinski definition) is 6. The van der Waals surface area contributed by atoms with Gasteiger partial charge >= 0.3 is 0 Å². The summed E-state index contributed by atoms with van der Waals surface area (Å²) >= 11 is 3.69. The van der Waals surface area contributed by atoms with Crippen LogP contribution in [0.3, 0.4) is 0 Å². The van der Waals surface area contributed by atoms with E-state index in [-0.39, 0.29) is 12.1 Å². The van der Waals surface area contributed by atoms with Crippen molar-refractivity contribution in [3.05, 3.63) is 110 Å². The van der Waals surface area contributed by atoms with Gasteiger partial charge in [-0.25, -0.2) is 0 Å². The Morgan fingerprint density at radius 2 is 1.49 bits per heavy atom. The van der Waals surface area contributed by atoms with Crippen LogP contribution in [-0.4, -0.2) is 12.7 Å². The molecule has 0 radical (unpaired) electrons. The standard InChI is InChI=1S/C31H28N4S2/c1-3-24-16-26(30(37-24)27-13-14-32-18-33-27)22-9-11-23(12-10-22)28-17-29(35-19-34-28)31-25(15-20(2)36-31)21-7-5-4-6-8-21/h4-19,27,29H,3H2,1-2H3,(H,32,33)(H,34,35). The molecule has 0 bridgehead atoms. The van der Waals surface area contributed by atoms with Gasteiger partial charge in [0.2, 0.25) is 0 Å². The molecule has 2 aliphatic rings. The predicted molar refractivity (Wildman–Crippen MR) is 159 cm³/mol. The van der Waals surface area contributed by atoms with E-state index in [0.29, 0.717) is 0 Å². The molecule has 0 saturated carbocycles. The second kappa shape index (κ2) is 10.3. The maximum absolute atomic E-state index is 4.79. The highest BCUT2D eigenvalue weighted by atomic mass is 32.1. The Morgan fingerprint density at radius 3 is 2.24 bits per heavy atom. The summed E-state index contributed by atoms with van der Waals surface area (Å²) in [5.41, 5.74) is 7.24. The van der Waals surface area contributed by atoms with Crippen molar-refractivity contribution in [2.75, 3.05) is 0 Å². The molecular weight excluding hydrogens is 493 g/mol. The highest BCUT2D eigenvalue weighted by Gasteiger charge is 2.21. The third-order valence-electron chi connectivity index (χ3n) is 6.64. The molecule has 6 rings (SSSR count). The number of thiophene rings is 2. The van der Waals surface area contributed by atoms with E-state index >= 15 is 0 Å². The minimum Gasteiger partial charge on any atom is -0.353 e. The van der Waals surface area contributed by atoms with Gasteiger partial charge in [0, 0.05) is 31.4 Å². The largest absolute Gasteiger partial charge is 0.353 e. The molecule has 2 aliphatic heterocycles. The molecule has 4 heterocycles. The highest BCUT2D eigenvalue weighted by molar-refractivity contribution is 7.13. The Kier molecular flexibility index (Phi) is 6.60. The SMILES string of the molecule is CCc1cc(-c2ccc(C3=CC(c4sc(C)cc4-c4ccccc4)N=CN3)cc2)c(C2C=CNC=N2)s1. The van der Waals surface area contributed by atoms with Gasteiger partial charge in [-0.3, -0.25) is 9.98 Å². The van der Waals surface area contributed by atoms with E-state index < -0.39 is 0 Å². The monoisotopic (exact) mass is 520 g/mol. The van der Waals surface area contributed by atoms with E-state index in [1.807, 2.05) is 35.2 Å². The molecule has 4 aromatic rings. The molecule has 2 N–H and O–H groups in total. The summed E-state index contributed by atoms with van der Waals surface area (Å²) in [6.07, 6.45) is 11.0. The van der Waals surface area contributed by atoms with Gasteiger partial charge in [-0.15, -0.1) is 22.7 Å². The Bertz CT molecular complexity index is 1510. The van der Waals surface area contributed by atoms with E-state index in [1.165, 1.54) is 41.8 Å². The summed E-state index contributed by atoms with van der Waals surface area (Å²) < 4.78 is 0. The number of aliphatic imine (C=N–C) groups is 2. The summed E-state index contributed by atoms with van der Waals surface area (Å²) in [5.74, 6) is 0. The van der Waals surface area contributed by atoms with E-state index in [9.17, 15) is 0 Å². The Hall–Kier alpha value is -3.74. The molecular formula is C31H28N4S2. The molecule has 184 valence electrons. The van der Waals surface area contributed by atoms with Crippen LogP contribution in [0.5, 0.6) is 0 Å². The lowest BCUT2D eigenvalue weighted by molar-refractivity contribution is 0.906. The molecule has 0 fully saturated rings.